The lowest BCUT2D eigenvalue weighted by atomic mass is 10.1. The Morgan fingerprint density at radius 3 is 2.43 bits per heavy atom. The van der Waals surface area contributed by atoms with Crippen LogP contribution in [0.15, 0.2) is 42.5 Å². The fraction of sp³-hybridized carbons (Fsp3) is 0. The molecule has 0 unspecified atom stereocenters. The average molecular weight is 288 g/mol. The average Bonchev–Trinajstić information content (AvgIpc) is 2.91. The SMILES string of the molecule is Oc1ccc(-c2cc(-c3ccc(F)cc3F)[nH]n2)cc1O. The first-order chi connectivity index (χ1) is 10.0. The number of hydrogen-bond acceptors (Lipinski definition) is 3. The van der Waals surface area contributed by atoms with Crippen molar-refractivity contribution in [2.45, 2.75) is 0 Å². The molecule has 106 valence electrons. The molecule has 4 nitrogen and oxygen atoms in total. The molecule has 1 aromatic heterocycles. The summed E-state index contributed by atoms with van der Waals surface area (Å²) in [5.74, 6) is -1.86. The second-order valence-corrected chi connectivity index (χ2v) is 4.49. The highest BCUT2D eigenvalue weighted by Crippen LogP contribution is 2.31. The quantitative estimate of drug-likeness (QED) is 0.633. The highest BCUT2D eigenvalue weighted by molar-refractivity contribution is 5.70. The van der Waals surface area contributed by atoms with Crippen molar-refractivity contribution in [2.75, 3.05) is 0 Å². The van der Waals surface area contributed by atoms with Crippen LogP contribution in [-0.4, -0.2) is 20.4 Å². The molecule has 0 saturated carbocycles. The number of aromatic amines is 1. The van der Waals surface area contributed by atoms with Crippen molar-refractivity contribution in [1.29, 1.82) is 0 Å². The molecule has 1 heterocycles. The van der Waals surface area contributed by atoms with Gasteiger partial charge in [0.1, 0.15) is 11.6 Å². The van der Waals surface area contributed by atoms with Gasteiger partial charge in [0.25, 0.3) is 0 Å². The van der Waals surface area contributed by atoms with Crippen LogP contribution in [0.5, 0.6) is 11.5 Å². The number of phenolic OH excluding ortho intramolecular Hbond substituents is 2. The summed E-state index contributed by atoms with van der Waals surface area (Å²) in [4.78, 5) is 0. The molecule has 0 aliphatic rings. The molecule has 0 radical (unpaired) electrons. The first-order valence-corrected chi connectivity index (χ1v) is 6.08. The van der Waals surface area contributed by atoms with E-state index in [1.165, 1.54) is 18.2 Å². The third kappa shape index (κ3) is 2.43. The van der Waals surface area contributed by atoms with Crippen molar-refractivity contribution in [3.8, 4) is 34.0 Å². The molecule has 0 fully saturated rings. The van der Waals surface area contributed by atoms with Crippen LogP contribution in [0, 0.1) is 11.6 Å². The van der Waals surface area contributed by atoms with Gasteiger partial charge in [0, 0.05) is 17.2 Å². The zero-order valence-corrected chi connectivity index (χ0v) is 10.6. The van der Waals surface area contributed by atoms with E-state index >= 15 is 0 Å². The van der Waals surface area contributed by atoms with Crippen molar-refractivity contribution in [3.63, 3.8) is 0 Å². The number of H-pyrrole nitrogens is 1. The molecule has 0 spiro atoms. The summed E-state index contributed by atoms with van der Waals surface area (Å²) >= 11 is 0. The van der Waals surface area contributed by atoms with E-state index in [-0.39, 0.29) is 17.1 Å². The van der Waals surface area contributed by atoms with Crippen molar-refractivity contribution in [1.82, 2.24) is 10.2 Å². The van der Waals surface area contributed by atoms with Crippen LogP contribution < -0.4 is 0 Å². The predicted molar refractivity (Wildman–Crippen MR) is 72.7 cm³/mol. The monoisotopic (exact) mass is 288 g/mol. The molecule has 0 atom stereocenters. The van der Waals surface area contributed by atoms with Crippen LogP contribution in [0.1, 0.15) is 0 Å². The second kappa shape index (κ2) is 4.90. The van der Waals surface area contributed by atoms with E-state index in [9.17, 15) is 19.0 Å². The number of phenols is 2. The number of halogens is 2. The van der Waals surface area contributed by atoms with Crippen LogP contribution in [0.3, 0.4) is 0 Å². The predicted octanol–water partition coefficient (Wildman–Crippen LogP) is 3.43. The minimum atomic E-state index is -0.696. The second-order valence-electron chi connectivity index (χ2n) is 4.49. The van der Waals surface area contributed by atoms with Crippen LogP contribution >= 0.6 is 0 Å². The van der Waals surface area contributed by atoms with Gasteiger partial charge in [0.15, 0.2) is 11.5 Å². The van der Waals surface area contributed by atoms with Crippen LogP contribution in [-0.2, 0) is 0 Å². The minimum Gasteiger partial charge on any atom is -0.504 e. The fourth-order valence-electron chi connectivity index (χ4n) is 2.00. The van der Waals surface area contributed by atoms with Crippen molar-refractivity contribution < 1.29 is 19.0 Å². The summed E-state index contributed by atoms with van der Waals surface area (Å²) in [6.07, 6.45) is 0. The lowest BCUT2D eigenvalue weighted by Crippen LogP contribution is -1.86. The Bertz CT molecular complexity index is 815. The van der Waals surface area contributed by atoms with Gasteiger partial charge in [-0.25, -0.2) is 8.78 Å². The summed E-state index contributed by atoms with van der Waals surface area (Å²) < 4.78 is 26.6. The standard InChI is InChI=1S/C15H10F2N2O2/c16-9-2-3-10(11(17)6-9)13-7-12(18-19-13)8-1-4-14(20)15(21)5-8/h1-7,20-21H,(H,18,19). The van der Waals surface area contributed by atoms with Crippen molar-refractivity contribution in [3.05, 3.63) is 54.1 Å². The molecular formula is C15H10F2N2O2. The summed E-state index contributed by atoms with van der Waals surface area (Å²) in [7, 11) is 0. The molecule has 21 heavy (non-hydrogen) atoms. The Balaban J connectivity index is 2.01. The topological polar surface area (TPSA) is 69.1 Å². The number of hydrogen-bond donors (Lipinski definition) is 3. The summed E-state index contributed by atoms with van der Waals surface area (Å²) in [5.41, 5.74) is 1.59. The van der Waals surface area contributed by atoms with Crippen LogP contribution in [0.2, 0.25) is 0 Å². The van der Waals surface area contributed by atoms with Crippen LogP contribution in [0.4, 0.5) is 8.78 Å². The summed E-state index contributed by atoms with van der Waals surface area (Å²) in [6, 6.07) is 9.08. The van der Waals surface area contributed by atoms with Crippen LogP contribution in [0.25, 0.3) is 22.5 Å². The van der Waals surface area contributed by atoms with E-state index in [0.29, 0.717) is 17.0 Å². The normalized spacial score (nSPS) is 10.8. The lowest BCUT2D eigenvalue weighted by molar-refractivity contribution is 0.404. The maximum atomic E-state index is 13.7. The van der Waals surface area contributed by atoms with Gasteiger partial charge in [-0.3, -0.25) is 5.10 Å². The number of aromatic nitrogens is 2. The molecule has 0 aliphatic carbocycles. The van der Waals surface area contributed by atoms with Gasteiger partial charge >= 0.3 is 0 Å². The number of aromatic hydroxyl groups is 2. The molecule has 2 aromatic carbocycles. The Morgan fingerprint density at radius 2 is 1.71 bits per heavy atom. The van der Waals surface area contributed by atoms with E-state index in [1.54, 1.807) is 12.1 Å². The summed E-state index contributed by atoms with van der Waals surface area (Å²) in [6.45, 7) is 0. The maximum Gasteiger partial charge on any atom is 0.158 e. The molecule has 0 saturated heterocycles. The van der Waals surface area contributed by atoms with E-state index in [2.05, 4.69) is 10.2 Å². The molecule has 3 rings (SSSR count). The van der Waals surface area contributed by atoms with E-state index in [4.69, 9.17) is 0 Å². The first kappa shape index (κ1) is 13.1. The molecule has 6 heteroatoms. The smallest absolute Gasteiger partial charge is 0.158 e. The number of nitrogens with zero attached hydrogens (tertiary/aromatic N) is 1. The van der Waals surface area contributed by atoms with E-state index in [0.717, 1.165) is 12.1 Å². The van der Waals surface area contributed by atoms with Gasteiger partial charge in [0.2, 0.25) is 0 Å². The highest BCUT2D eigenvalue weighted by Gasteiger charge is 2.11. The number of nitrogens with one attached hydrogen (secondary N) is 1. The van der Waals surface area contributed by atoms with Gasteiger partial charge < -0.3 is 10.2 Å². The van der Waals surface area contributed by atoms with Gasteiger partial charge in [-0.1, -0.05) is 0 Å². The Morgan fingerprint density at radius 1 is 0.905 bits per heavy atom. The third-order valence-electron chi connectivity index (χ3n) is 3.07. The Kier molecular flexibility index (Phi) is 3.06. The van der Waals surface area contributed by atoms with E-state index < -0.39 is 11.6 Å². The molecule has 3 N–H and O–H groups in total. The molecule has 0 aliphatic heterocycles. The number of rotatable bonds is 2. The Hall–Kier alpha value is -2.89. The van der Waals surface area contributed by atoms with Gasteiger partial charge in [-0.05, 0) is 36.4 Å². The minimum absolute atomic E-state index is 0.193. The Labute approximate surface area is 118 Å². The van der Waals surface area contributed by atoms with Crippen molar-refractivity contribution >= 4 is 0 Å². The highest BCUT2D eigenvalue weighted by atomic mass is 19.1. The van der Waals surface area contributed by atoms with E-state index in [1.807, 2.05) is 0 Å². The maximum absolute atomic E-state index is 13.7. The van der Waals surface area contributed by atoms with Crippen molar-refractivity contribution in [2.24, 2.45) is 0 Å². The van der Waals surface area contributed by atoms with Gasteiger partial charge in [-0.2, -0.15) is 5.10 Å². The third-order valence-corrected chi connectivity index (χ3v) is 3.07. The summed E-state index contributed by atoms with van der Waals surface area (Å²) in [5, 5.41) is 25.4. The molecule has 3 aromatic rings. The first-order valence-electron chi connectivity index (χ1n) is 6.08. The largest absolute Gasteiger partial charge is 0.504 e. The number of benzene rings is 2. The fourth-order valence-corrected chi connectivity index (χ4v) is 2.00. The molecule has 0 amide bonds. The molecular weight excluding hydrogens is 278 g/mol. The zero-order valence-electron chi connectivity index (χ0n) is 10.6. The van der Waals surface area contributed by atoms with Gasteiger partial charge in [0.05, 0.1) is 11.4 Å². The zero-order chi connectivity index (χ0) is 15.0. The lowest BCUT2D eigenvalue weighted by Gasteiger charge is -2.00. The molecule has 0 bridgehead atoms. The van der Waals surface area contributed by atoms with Gasteiger partial charge in [-0.15, -0.1) is 0 Å².